The molecule has 164 valence electrons. The first-order chi connectivity index (χ1) is 14.5. The van der Waals surface area contributed by atoms with E-state index in [9.17, 15) is 21.6 Å². The van der Waals surface area contributed by atoms with Crippen LogP contribution in [0.25, 0.3) is 0 Å². The van der Waals surface area contributed by atoms with Gasteiger partial charge in [-0.3, -0.25) is 20.6 Å². The first-order valence-electron chi connectivity index (χ1n) is 9.23. The smallest absolute Gasteiger partial charge is 0.287 e. The third kappa shape index (κ3) is 4.10. The van der Waals surface area contributed by atoms with Gasteiger partial charge >= 0.3 is 6.03 Å². The second-order valence-electron chi connectivity index (χ2n) is 7.14. The molecule has 0 spiro atoms. The number of carbonyl (C=O) groups excluding carboxylic acids is 1. The zero-order valence-electron chi connectivity index (χ0n) is 16.9. The quantitative estimate of drug-likeness (QED) is 0.674. The van der Waals surface area contributed by atoms with Gasteiger partial charge in [-0.15, -0.1) is 0 Å². The summed E-state index contributed by atoms with van der Waals surface area (Å²) in [5.41, 5.74) is 0. The van der Waals surface area contributed by atoms with E-state index in [1.54, 1.807) is 12.1 Å². The minimum Gasteiger partial charge on any atom is -0.287 e. The van der Waals surface area contributed by atoms with Crippen molar-refractivity contribution < 1.29 is 21.6 Å². The molecule has 2 aromatic rings. The van der Waals surface area contributed by atoms with Crippen LogP contribution in [0, 0.1) is 16.7 Å². The number of amides is 2. The lowest BCUT2D eigenvalue weighted by molar-refractivity contribution is 0.203. The second kappa shape index (κ2) is 8.23. The van der Waals surface area contributed by atoms with Crippen molar-refractivity contribution in [3.8, 4) is 0 Å². The number of benzene rings is 2. The fourth-order valence-corrected chi connectivity index (χ4v) is 7.57. The Balaban J connectivity index is 2.17. The van der Waals surface area contributed by atoms with Gasteiger partial charge in [0, 0.05) is 14.1 Å². The van der Waals surface area contributed by atoms with Crippen molar-refractivity contribution in [1.29, 1.82) is 10.8 Å². The lowest BCUT2D eigenvalue weighted by atomic mass is 9.99. The number of hydrogen-bond donors (Lipinski definition) is 2. The Morgan fingerprint density at radius 3 is 1.68 bits per heavy atom. The van der Waals surface area contributed by atoms with Crippen molar-refractivity contribution in [2.45, 2.75) is 15.0 Å². The number of nitrogens with one attached hydrogen (secondary N) is 2. The Morgan fingerprint density at radius 2 is 1.23 bits per heavy atom. The second-order valence-corrected chi connectivity index (χ2v) is 11.3. The highest BCUT2D eigenvalue weighted by molar-refractivity contribution is 7.95. The molecule has 2 aromatic carbocycles. The molecule has 1 unspecified atom stereocenters. The molecule has 0 radical (unpaired) electrons. The summed E-state index contributed by atoms with van der Waals surface area (Å²) in [4.78, 5) is 13.9. The maximum Gasteiger partial charge on any atom is 0.330 e. The predicted octanol–water partition coefficient (Wildman–Crippen LogP) is 1.87. The fourth-order valence-electron chi connectivity index (χ4n) is 3.42. The lowest BCUT2D eigenvalue weighted by Crippen LogP contribution is -2.61. The molecular formula is C20H22N4O5S2. The molecule has 2 amide bonds. The summed E-state index contributed by atoms with van der Waals surface area (Å²) >= 11 is 0. The van der Waals surface area contributed by atoms with Crippen LogP contribution in [0.2, 0.25) is 0 Å². The molecule has 0 bridgehead atoms. The van der Waals surface area contributed by atoms with E-state index in [4.69, 9.17) is 10.8 Å². The molecule has 1 saturated heterocycles. The first kappa shape index (κ1) is 22.6. The number of sulfone groups is 2. The van der Waals surface area contributed by atoms with E-state index in [0.29, 0.717) is 0 Å². The molecule has 0 aliphatic carbocycles. The monoisotopic (exact) mass is 462 g/mol. The lowest BCUT2D eigenvalue weighted by Gasteiger charge is -2.40. The van der Waals surface area contributed by atoms with Crippen molar-refractivity contribution in [2.24, 2.45) is 5.92 Å². The van der Waals surface area contributed by atoms with Crippen molar-refractivity contribution in [1.82, 2.24) is 9.80 Å². The van der Waals surface area contributed by atoms with Gasteiger partial charge in [0.25, 0.3) is 0 Å². The van der Waals surface area contributed by atoms with Gasteiger partial charge in [0.15, 0.2) is 19.7 Å². The van der Waals surface area contributed by atoms with E-state index in [2.05, 4.69) is 0 Å². The van der Waals surface area contributed by atoms with Crippen LogP contribution in [0.4, 0.5) is 4.79 Å². The Labute approximate surface area is 181 Å². The molecule has 1 aliphatic rings. The summed E-state index contributed by atoms with van der Waals surface area (Å²) in [5, 5.41) is 15.1. The van der Waals surface area contributed by atoms with Crippen LogP contribution < -0.4 is 0 Å². The van der Waals surface area contributed by atoms with Crippen LogP contribution in [0.5, 0.6) is 0 Å². The molecule has 0 aromatic heterocycles. The molecule has 9 nitrogen and oxygen atoms in total. The number of carbonyl (C=O) groups is 1. The molecule has 1 atom stereocenters. The number of urea groups is 1. The average molecular weight is 463 g/mol. The van der Waals surface area contributed by atoms with Gasteiger partial charge in [-0.25, -0.2) is 21.6 Å². The molecule has 31 heavy (non-hydrogen) atoms. The average Bonchev–Trinajstić information content (AvgIpc) is 2.77. The van der Waals surface area contributed by atoms with E-state index >= 15 is 0 Å². The Kier molecular flexibility index (Phi) is 6.01. The zero-order chi connectivity index (χ0) is 23.0. The maximum absolute atomic E-state index is 13.5. The maximum atomic E-state index is 13.5. The Bertz CT molecular complexity index is 1200. The van der Waals surface area contributed by atoms with Crippen LogP contribution in [0.15, 0.2) is 70.5 Å². The normalized spacial score (nSPS) is 18.9. The molecule has 3 rings (SSSR count). The number of amidine groups is 2. The minimum absolute atomic E-state index is 0.0603. The minimum atomic E-state index is -4.30. The van der Waals surface area contributed by atoms with Crippen LogP contribution in [0.1, 0.15) is 0 Å². The van der Waals surface area contributed by atoms with E-state index < -0.39 is 54.3 Å². The number of rotatable bonds is 6. The standard InChI is InChI=1S/C20H22N4O5S2/c1-23-18(21)17(19(22)24(2)20(23)25)16(31(28,29)15-11-7-4-8-12-15)13-30(26,27)14-9-5-3-6-10-14/h3-12,16-17,21-22H,13H2,1-2H3. The highest BCUT2D eigenvalue weighted by atomic mass is 32.2. The molecule has 1 fully saturated rings. The Hall–Kier alpha value is -3.05. The molecular weight excluding hydrogens is 440 g/mol. The highest BCUT2D eigenvalue weighted by Gasteiger charge is 2.48. The van der Waals surface area contributed by atoms with Gasteiger partial charge in [-0.1, -0.05) is 36.4 Å². The molecule has 11 heteroatoms. The Morgan fingerprint density at radius 1 is 0.806 bits per heavy atom. The molecule has 1 heterocycles. The van der Waals surface area contributed by atoms with Crippen molar-refractivity contribution in [3.05, 3.63) is 60.7 Å². The van der Waals surface area contributed by atoms with Crippen molar-refractivity contribution in [2.75, 3.05) is 19.8 Å². The summed E-state index contributed by atoms with van der Waals surface area (Å²) in [7, 11) is -5.81. The molecule has 1 aliphatic heterocycles. The number of hydrogen-bond acceptors (Lipinski definition) is 7. The van der Waals surface area contributed by atoms with Gasteiger partial charge in [-0.05, 0) is 24.3 Å². The summed E-state index contributed by atoms with van der Waals surface area (Å²) in [6.45, 7) is 0. The summed E-state index contributed by atoms with van der Waals surface area (Å²) in [5.74, 6) is -3.18. The highest BCUT2D eigenvalue weighted by Crippen LogP contribution is 2.30. The summed E-state index contributed by atoms with van der Waals surface area (Å²) < 4.78 is 53.3. The van der Waals surface area contributed by atoms with E-state index in [-0.39, 0.29) is 9.79 Å². The van der Waals surface area contributed by atoms with E-state index in [0.717, 1.165) is 9.80 Å². The topological polar surface area (TPSA) is 140 Å². The third-order valence-corrected chi connectivity index (χ3v) is 9.38. The van der Waals surface area contributed by atoms with Crippen molar-refractivity contribution >= 4 is 37.4 Å². The van der Waals surface area contributed by atoms with Gasteiger partial charge in [-0.2, -0.15) is 0 Å². The van der Waals surface area contributed by atoms with E-state index in [1.807, 2.05) is 0 Å². The van der Waals surface area contributed by atoms with Crippen LogP contribution in [0.3, 0.4) is 0 Å². The molecule has 2 N–H and O–H groups in total. The SMILES string of the molecule is CN1C(=N)C(C(CS(=O)(=O)c2ccccc2)S(=O)(=O)c2ccccc2)C(=N)N(C)C1=O. The van der Waals surface area contributed by atoms with E-state index in [1.165, 1.54) is 62.6 Å². The first-order valence-corrected chi connectivity index (χ1v) is 12.4. The summed E-state index contributed by atoms with van der Waals surface area (Å²) in [6, 6.07) is 14.1. The van der Waals surface area contributed by atoms with Crippen LogP contribution in [-0.2, 0) is 19.7 Å². The van der Waals surface area contributed by atoms with Crippen LogP contribution in [-0.4, -0.2) is 69.4 Å². The largest absolute Gasteiger partial charge is 0.330 e. The van der Waals surface area contributed by atoms with Gasteiger partial charge in [0.1, 0.15) is 11.7 Å². The fraction of sp³-hybridized carbons (Fsp3) is 0.250. The van der Waals surface area contributed by atoms with Gasteiger partial charge in [0.2, 0.25) is 0 Å². The van der Waals surface area contributed by atoms with Crippen molar-refractivity contribution in [3.63, 3.8) is 0 Å². The zero-order valence-corrected chi connectivity index (χ0v) is 18.5. The van der Waals surface area contributed by atoms with Gasteiger partial charge in [0.05, 0.1) is 26.7 Å². The van der Waals surface area contributed by atoms with Gasteiger partial charge < -0.3 is 0 Å². The van der Waals surface area contributed by atoms with Crippen LogP contribution >= 0.6 is 0 Å². The number of nitrogens with zero attached hydrogens (tertiary/aromatic N) is 2. The summed E-state index contributed by atoms with van der Waals surface area (Å²) in [6.07, 6.45) is 0. The predicted molar refractivity (Wildman–Crippen MR) is 116 cm³/mol. The third-order valence-electron chi connectivity index (χ3n) is 5.21. The molecule has 0 saturated carbocycles.